The van der Waals surface area contributed by atoms with E-state index in [0.717, 1.165) is 22.9 Å². The molecule has 0 saturated carbocycles. The van der Waals surface area contributed by atoms with Crippen molar-refractivity contribution in [1.29, 1.82) is 0 Å². The Hall–Kier alpha value is -4.17. The minimum Gasteiger partial charge on any atom is -0.496 e. The highest BCUT2D eigenvalue weighted by Crippen LogP contribution is 2.41. The molecular weight excluding hydrogens is 536 g/mol. The number of ether oxygens (including phenoxy) is 2. The Labute approximate surface area is 225 Å². The zero-order valence-corrected chi connectivity index (χ0v) is 21.3. The van der Waals surface area contributed by atoms with Crippen molar-refractivity contribution in [2.24, 2.45) is 5.73 Å². The Kier molecular flexibility index (Phi) is 7.14. The first-order valence-electron chi connectivity index (χ1n) is 12.3. The van der Waals surface area contributed by atoms with Crippen LogP contribution in [0.1, 0.15) is 32.3 Å². The molecule has 2 aliphatic heterocycles. The standard InChI is InChI=1S/C26H26F4N6O4/c1-39-19-5-4-15(27)7-17(19)25(38)33-8-14-3-2-13(6-18(14)28)22-21(24(32)37)23(31)36(34-22)20-9-35(12-26(20,29)30)16-10-40-11-16/h2-7,16,20H,8-12,31H2,1H3,(H2,32,37)(H,33,38). The molecule has 0 bridgehead atoms. The van der Waals surface area contributed by atoms with Crippen molar-refractivity contribution in [3.05, 3.63) is 64.7 Å². The minimum atomic E-state index is -3.21. The molecule has 2 amide bonds. The highest BCUT2D eigenvalue weighted by molar-refractivity contribution is 6.03. The van der Waals surface area contributed by atoms with E-state index in [0.29, 0.717) is 13.2 Å². The molecule has 212 valence electrons. The van der Waals surface area contributed by atoms with E-state index < -0.39 is 42.0 Å². The molecule has 0 aliphatic carbocycles. The molecule has 2 fully saturated rings. The highest BCUT2D eigenvalue weighted by atomic mass is 19.3. The van der Waals surface area contributed by atoms with Crippen molar-refractivity contribution >= 4 is 17.6 Å². The van der Waals surface area contributed by atoms with E-state index in [1.165, 1.54) is 25.3 Å². The van der Waals surface area contributed by atoms with Crippen LogP contribution in [0.5, 0.6) is 5.75 Å². The van der Waals surface area contributed by atoms with Crippen LogP contribution < -0.4 is 21.5 Å². The first-order valence-corrected chi connectivity index (χ1v) is 12.3. The number of nitrogen functional groups attached to an aromatic ring is 1. The molecule has 2 aliphatic rings. The number of rotatable bonds is 8. The van der Waals surface area contributed by atoms with Gasteiger partial charge in [-0.15, -0.1) is 0 Å². The SMILES string of the molecule is COc1ccc(F)cc1C(=O)NCc1ccc(-c2nn(C3CN(C4COC4)CC3(F)F)c(N)c2C(N)=O)cc1F. The second-order valence-electron chi connectivity index (χ2n) is 9.65. The Bertz CT molecular complexity index is 1480. The lowest BCUT2D eigenvalue weighted by Crippen LogP contribution is -2.48. The lowest BCUT2D eigenvalue weighted by Gasteiger charge is -2.34. The molecule has 3 heterocycles. The van der Waals surface area contributed by atoms with Gasteiger partial charge in [0.15, 0.2) is 0 Å². The summed E-state index contributed by atoms with van der Waals surface area (Å²) in [5, 5.41) is 6.69. The molecule has 5 N–H and O–H groups in total. The minimum absolute atomic E-state index is 0.0567. The summed E-state index contributed by atoms with van der Waals surface area (Å²) in [5.74, 6) is -6.55. The number of alkyl halides is 2. The average molecular weight is 563 g/mol. The van der Waals surface area contributed by atoms with Crippen LogP contribution in [-0.2, 0) is 11.3 Å². The molecule has 0 radical (unpaired) electrons. The summed E-state index contributed by atoms with van der Waals surface area (Å²) in [6.45, 7) is -0.177. The van der Waals surface area contributed by atoms with E-state index in [-0.39, 0.29) is 58.6 Å². The van der Waals surface area contributed by atoms with E-state index in [1.807, 2.05) is 0 Å². The molecule has 1 aromatic heterocycles. The zero-order chi connectivity index (χ0) is 28.8. The predicted octanol–water partition coefficient (Wildman–Crippen LogP) is 2.34. The molecular formula is C26H26F4N6O4. The zero-order valence-electron chi connectivity index (χ0n) is 21.3. The normalized spacial score (nSPS) is 18.9. The maximum Gasteiger partial charge on any atom is 0.283 e. The average Bonchev–Trinajstić information content (AvgIpc) is 3.36. The highest BCUT2D eigenvalue weighted by Gasteiger charge is 2.53. The monoisotopic (exact) mass is 562 g/mol. The van der Waals surface area contributed by atoms with E-state index in [4.69, 9.17) is 20.9 Å². The largest absolute Gasteiger partial charge is 0.496 e. The first kappa shape index (κ1) is 27.4. The Balaban J connectivity index is 1.39. The molecule has 3 aromatic rings. The number of nitrogens with zero attached hydrogens (tertiary/aromatic N) is 3. The summed E-state index contributed by atoms with van der Waals surface area (Å²) in [4.78, 5) is 26.4. The number of carbonyl (C=O) groups excluding carboxylic acids is 2. The van der Waals surface area contributed by atoms with Gasteiger partial charge in [-0.05, 0) is 24.3 Å². The number of amides is 2. The van der Waals surface area contributed by atoms with E-state index in [9.17, 15) is 14.0 Å². The summed E-state index contributed by atoms with van der Waals surface area (Å²) in [5.41, 5.74) is 11.2. The van der Waals surface area contributed by atoms with Gasteiger partial charge in [0.1, 0.15) is 40.5 Å². The van der Waals surface area contributed by atoms with Crippen molar-refractivity contribution in [3.63, 3.8) is 0 Å². The lowest BCUT2D eigenvalue weighted by molar-refractivity contribution is -0.0728. The van der Waals surface area contributed by atoms with Gasteiger partial charge in [-0.3, -0.25) is 14.5 Å². The van der Waals surface area contributed by atoms with E-state index in [2.05, 4.69) is 10.4 Å². The molecule has 14 heteroatoms. The Morgan fingerprint density at radius 2 is 1.95 bits per heavy atom. The summed E-state index contributed by atoms with van der Waals surface area (Å²) in [6, 6.07) is 5.57. The second kappa shape index (κ2) is 10.4. The maximum absolute atomic E-state index is 15.1. The number of nitrogens with two attached hydrogens (primary N) is 2. The number of hydrogen-bond acceptors (Lipinski definition) is 7. The first-order chi connectivity index (χ1) is 19.0. The van der Waals surface area contributed by atoms with Crippen LogP contribution in [0.2, 0.25) is 0 Å². The van der Waals surface area contributed by atoms with Crippen LogP contribution in [0.3, 0.4) is 0 Å². The summed E-state index contributed by atoms with van der Waals surface area (Å²) in [7, 11) is 1.32. The number of nitrogens with one attached hydrogen (secondary N) is 1. The summed E-state index contributed by atoms with van der Waals surface area (Å²) < 4.78 is 69.8. The molecule has 40 heavy (non-hydrogen) atoms. The Morgan fingerprint density at radius 1 is 1.20 bits per heavy atom. The fourth-order valence-corrected chi connectivity index (χ4v) is 4.86. The number of primary amides is 1. The predicted molar refractivity (Wildman–Crippen MR) is 135 cm³/mol. The van der Waals surface area contributed by atoms with Crippen molar-refractivity contribution in [1.82, 2.24) is 20.0 Å². The molecule has 1 unspecified atom stereocenters. The third-order valence-electron chi connectivity index (χ3n) is 7.11. The van der Waals surface area contributed by atoms with Gasteiger partial charge >= 0.3 is 0 Å². The molecule has 1 atom stereocenters. The number of hydrogen-bond donors (Lipinski definition) is 3. The number of halogens is 4. The Morgan fingerprint density at radius 3 is 2.58 bits per heavy atom. The number of carbonyl (C=O) groups is 2. The molecule has 2 saturated heterocycles. The fraction of sp³-hybridized carbons (Fsp3) is 0.346. The van der Waals surface area contributed by atoms with Gasteiger partial charge in [0, 0.05) is 24.2 Å². The number of methoxy groups -OCH3 is 1. The fourth-order valence-electron chi connectivity index (χ4n) is 4.86. The summed E-state index contributed by atoms with van der Waals surface area (Å²) >= 11 is 0. The van der Waals surface area contributed by atoms with Gasteiger partial charge in [0.05, 0.1) is 38.5 Å². The van der Waals surface area contributed by atoms with Gasteiger partial charge in [0.25, 0.3) is 17.7 Å². The third-order valence-corrected chi connectivity index (χ3v) is 7.11. The smallest absolute Gasteiger partial charge is 0.283 e. The van der Waals surface area contributed by atoms with Crippen LogP contribution in [-0.4, -0.2) is 71.9 Å². The van der Waals surface area contributed by atoms with Gasteiger partial charge in [-0.2, -0.15) is 5.10 Å². The third kappa shape index (κ3) is 4.95. The van der Waals surface area contributed by atoms with Crippen LogP contribution in [0.4, 0.5) is 23.4 Å². The number of likely N-dealkylation sites (tertiary alicyclic amines) is 1. The molecule has 0 spiro atoms. The lowest BCUT2D eigenvalue weighted by atomic mass is 10.0. The second-order valence-corrected chi connectivity index (χ2v) is 9.65. The van der Waals surface area contributed by atoms with Crippen LogP contribution >= 0.6 is 0 Å². The van der Waals surface area contributed by atoms with Crippen molar-refractivity contribution in [2.45, 2.75) is 24.6 Å². The topological polar surface area (TPSA) is 138 Å². The molecule has 2 aromatic carbocycles. The number of aromatic nitrogens is 2. The molecule has 10 nitrogen and oxygen atoms in total. The van der Waals surface area contributed by atoms with E-state index >= 15 is 13.2 Å². The van der Waals surface area contributed by atoms with E-state index in [1.54, 1.807) is 4.90 Å². The van der Waals surface area contributed by atoms with Gasteiger partial charge in [-0.1, -0.05) is 12.1 Å². The van der Waals surface area contributed by atoms with Gasteiger partial charge in [0.2, 0.25) is 0 Å². The number of benzene rings is 2. The van der Waals surface area contributed by atoms with Crippen LogP contribution in [0, 0.1) is 11.6 Å². The van der Waals surface area contributed by atoms with Gasteiger partial charge < -0.3 is 26.3 Å². The quantitative estimate of drug-likeness (QED) is 0.359. The van der Waals surface area contributed by atoms with Crippen molar-refractivity contribution < 1.29 is 36.6 Å². The van der Waals surface area contributed by atoms with Crippen LogP contribution in [0.25, 0.3) is 11.3 Å². The number of anilines is 1. The summed E-state index contributed by atoms with van der Waals surface area (Å²) in [6.07, 6.45) is 0. The molecule has 5 rings (SSSR count). The van der Waals surface area contributed by atoms with Crippen molar-refractivity contribution in [2.75, 3.05) is 39.1 Å². The van der Waals surface area contributed by atoms with Crippen molar-refractivity contribution in [3.8, 4) is 17.0 Å². The van der Waals surface area contributed by atoms with Crippen LogP contribution in [0.15, 0.2) is 36.4 Å². The maximum atomic E-state index is 15.1. The van der Waals surface area contributed by atoms with Gasteiger partial charge in [-0.25, -0.2) is 22.2 Å².